The zero-order valence-electron chi connectivity index (χ0n) is 10.1. The Morgan fingerprint density at radius 2 is 2.37 bits per heavy atom. The average Bonchev–Trinajstić information content (AvgIpc) is 2.45. The maximum Gasteiger partial charge on any atom is 0.270 e. The van der Waals surface area contributed by atoms with E-state index in [4.69, 9.17) is 15.7 Å². The SMILES string of the molecule is N/C(=N/O)C1CN(C(=O)c2cccc(=O)[nH]2)CCO1. The second-order valence-electron chi connectivity index (χ2n) is 4.06. The number of oxime groups is 1. The van der Waals surface area contributed by atoms with E-state index in [2.05, 4.69) is 10.1 Å². The van der Waals surface area contributed by atoms with E-state index in [1.165, 1.54) is 23.1 Å². The van der Waals surface area contributed by atoms with Crippen molar-refractivity contribution in [1.29, 1.82) is 0 Å². The Bertz CT molecular complexity index is 554. The second-order valence-corrected chi connectivity index (χ2v) is 4.06. The molecule has 4 N–H and O–H groups in total. The summed E-state index contributed by atoms with van der Waals surface area (Å²) in [4.78, 5) is 27.3. The van der Waals surface area contributed by atoms with Crippen molar-refractivity contribution in [3.63, 3.8) is 0 Å². The van der Waals surface area contributed by atoms with Gasteiger partial charge in [-0.2, -0.15) is 0 Å². The van der Waals surface area contributed by atoms with Gasteiger partial charge in [-0.25, -0.2) is 0 Å². The van der Waals surface area contributed by atoms with Crippen LogP contribution in [0.15, 0.2) is 28.1 Å². The topological polar surface area (TPSA) is 121 Å². The lowest BCUT2D eigenvalue weighted by atomic mass is 10.2. The number of rotatable bonds is 2. The van der Waals surface area contributed by atoms with Crippen molar-refractivity contribution in [2.24, 2.45) is 10.9 Å². The number of carbonyl (C=O) groups is 1. The maximum atomic E-state index is 12.2. The number of hydrogen-bond acceptors (Lipinski definition) is 5. The highest BCUT2D eigenvalue weighted by atomic mass is 16.5. The van der Waals surface area contributed by atoms with Gasteiger partial charge in [-0.15, -0.1) is 0 Å². The molecule has 19 heavy (non-hydrogen) atoms. The van der Waals surface area contributed by atoms with Crippen LogP contribution in [-0.2, 0) is 4.74 Å². The molecule has 1 unspecified atom stereocenters. The third-order valence-electron chi connectivity index (χ3n) is 2.80. The highest BCUT2D eigenvalue weighted by Crippen LogP contribution is 2.08. The van der Waals surface area contributed by atoms with Crippen LogP contribution in [0.1, 0.15) is 10.5 Å². The smallest absolute Gasteiger partial charge is 0.270 e. The minimum atomic E-state index is -0.641. The molecule has 0 aliphatic carbocycles. The largest absolute Gasteiger partial charge is 0.409 e. The summed E-state index contributed by atoms with van der Waals surface area (Å²) in [5.74, 6) is -0.407. The number of H-pyrrole nitrogens is 1. The lowest BCUT2D eigenvalue weighted by molar-refractivity contribution is 0.00647. The van der Waals surface area contributed by atoms with Gasteiger partial charge in [0.2, 0.25) is 5.56 Å². The van der Waals surface area contributed by atoms with Gasteiger partial charge in [-0.05, 0) is 6.07 Å². The Morgan fingerprint density at radius 3 is 3.05 bits per heavy atom. The fraction of sp³-hybridized carbons (Fsp3) is 0.364. The number of aromatic amines is 1. The fourth-order valence-corrected chi connectivity index (χ4v) is 1.82. The fourth-order valence-electron chi connectivity index (χ4n) is 1.82. The normalized spacial score (nSPS) is 20.3. The zero-order chi connectivity index (χ0) is 13.8. The van der Waals surface area contributed by atoms with Crippen molar-refractivity contribution in [2.75, 3.05) is 19.7 Å². The van der Waals surface area contributed by atoms with Gasteiger partial charge in [0, 0.05) is 12.6 Å². The Labute approximate surface area is 108 Å². The molecule has 2 rings (SSSR count). The lowest BCUT2D eigenvalue weighted by Crippen LogP contribution is -2.50. The average molecular weight is 266 g/mol. The molecular formula is C11H14N4O4. The first-order valence-corrected chi connectivity index (χ1v) is 5.69. The molecule has 102 valence electrons. The summed E-state index contributed by atoms with van der Waals surface area (Å²) in [6, 6.07) is 4.36. The highest BCUT2D eigenvalue weighted by molar-refractivity contribution is 5.93. The van der Waals surface area contributed by atoms with Gasteiger partial charge in [0.25, 0.3) is 5.91 Å². The summed E-state index contributed by atoms with van der Waals surface area (Å²) in [7, 11) is 0. The van der Waals surface area contributed by atoms with Gasteiger partial charge in [0.15, 0.2) is 5.84 Å². The van der Waals surface area contributed by atoms with Gasteiger partial charge >= 0.3 is 0 Å². The second kappa shape index (κ2) is 5.53. The Hall–Kier alpha value is -2.35. The molecule has 1 amide bonds. The predicted molar refractivity (Wildman–Crippen MR) is 66.1 cm³/mol. The first-order chi connectivity index (χ1) is 9.11. The molecule has 0 bridgehead atoms. The van der Waals surface area contributed by atoms with Crippen LogP contribution in [0, 0.1) is 0 Å². The Morgan fingerprint density at radius 1 is 1.58 bits per heavy atom. The van der Waals surface area contributed by atoms with Crippen LogP contribution in [0.2, 0.25) is 0 Å². The molecule has 8 heteroatoms. The summed E-state index contributed by atoms with van der Waals surface area (Å²) >= 11 is 0. The third kappa shape index (κ3) is 2.91. The lowest BCUT2D eigenvalue weighted by Gasteiger charge is -2.32. The van der Waals surface area contributed by atoms with Crippen LogP contribution in [0.3, 0.4) is 0 Å². The van der Waals surface area contributed by atoms with Crippen LogP contribution in [0.5, 0.6) is 0 Å². The van der Waals surface area contributed by atoms with E-state index < -0.39 is 6.10 Å². The number of carbonyl (C=O) groups excluding carboxylic acids is 1. The molecule has 1 saturated heterocycles. The van der Waals surface area contributed by atoms with E-state index in [9.17, 15) is 9.59 Å². The number of ether oxygens (including phenoxy) is 1. The molecule has 2 heterocycles. The summed E-state index contributed by atoms with van der Waals surface area (Å²) < 4.78 is 5.29. The first kappa shape index (κ1) is 13.1. The maximum absolute atomic E-state index is 12.2. The van der Waals surface area contributed by atoms with Crippen LogP contribution < -0.4 is 11.3 Å². The number of morpholine rings is 1. The van der Waals surface area contributed by atoms with E-state index in [-0.39, 0.29) is 36.1 Å². The van der Waals surface area contributed by atoms with Crippen LogP contribution in [0.4, 0.5) is 0 Å². The molecule has 1 aliphatic rings. The standard InChI is InChI=1S/C11H14N4O4/c12-10(14-18)8-6-15(4-5-19-8)11(17)7-2-1-3-9(16)13-7/h1-3,8,18H,4-6H2,(H2,12,14)(H,13,16). The molecule has 1 atom stereocenters. The van der Waals surface area contributed by atoms with Crippen LogP contribution in [-0.4, -0.2) is 52.6 Å². The number of hydrogen-bond donors (Lipinski definition) is 3. The summed E-state index contributed by atoms with van der Waals surface area (Å²) in [5.41, 5.74) is 5.31. The van der Waals surface area contributed by atoms with E-state index in [1.807, 2.05) is 0 Å². The molecule has 1 aliphatic heterocycles. The Kier molecular flexibility index (Phi) is 3.81. The third-order valence-corrected chi connectivity index (χ3v) is 2.80. The van der Waals surface area contributed by atoms with Crippen molar-refractivity contribution in [1.82, 2.24) is 9.88 Å². The van der Waals surface area contributed by atoms with Gasteiger partial charge in [-0.1, -0.05) is 11.2 Å². The molecule has 8 nitrogen and oxygen atoms in total. The molecule has 0 saturated carbocycles. The number of amidine groups is 1. The number of nitrogens with zero attached hydrogens (tertiary/aromatic N) is 2. The van der Waals surface area contributed by atoms with E-state index >= 15 is 0 Å². The van der Waals surface area contributed by atoms with Gasteiger partial charge in [0.1, 0.15) is 11.8 Å². The monoisotopic (exact) mass is 266 g/mol. The van der Waals surface area contributed by atoms with Crippen molar-refractivity contribution < 1.29 is 14.7 Å². The van der Waals surface area contributed by atoms with E-state index in [0.29, 0.717) is 6.54 Å². The minimum absolute atomic E-state index is 0.0842. The van der Waals surface area contributed by atoms with E-state index in [0.717, 1.165) is 0 Å². The number of nitrogens with two attached hydrogens (primary N) is 1. The zero-order valence-corrected chi connectivity index (χ0v) is 10.1. The molecule has 0 spiro atoms. The summed E-state index contributed by atoms with van der Waals surface area (Å²) in [6.45, 7) is 0.834. The summed E-state index contributed by atoms with van der Waals surface area (Å²) in [5, 5.41) is 11.5. The first-order valence-electron chi connectivity index (χ1n) is 5.69. The van der Waals surface area contributed by atoms with Gasteiger partial charge < -0.3 is 25.6 Å². The number of nitrogens with one attached hydrogen (secondary N) is 1. The quantitative estimate of drug-likeness (QED) is 0.273. The van der Waals surface area contributed by atoms with Gasteiger partial charge in [-0.3, -0.25) is 9.59 Å². The van der Waals surface area contributed by atoms with Crippen LogP contribution >= 0.6 is 0 Å². The minimum Gasteiger partial charge on any atom is -0.409 e. The molecule has 1 aromatic rings. The Balaban J connectivity index is 2.13. The van der Waals surface area contributed by atoms with Crippen molar-refractivity contribution in [3.05, 3.63) is 34.2 Å². The van der Waals surface area contributed by atoms with Crippen molar-refractivity contribution in [3.8, 4) is 0 Å². The molecule has 0 aromatic carbocycles. The number of amides is 1. The molecule has 0 radical (unpaired) electrons. The van der Waals surface area contributed by atoms with Crippen molar-refractivity contribution in [2.45, 2.75) is 6.10 Å². The highest BCUT2D eigenvalue weighted by Gasteiger charge is 2.27. The summed E-state index contributed by atoms with van der Waals surface area (Å²) in [6.07, 6.45) is -0.641. The molecular weight excluding hydrogens is 252 g/mol. The number of pyridine rings is 1. The molecule has 1 fully saturated rings. The van der Waals surface area contributed by atoms with Gasteiger partial charge in [0.05, 0.1) is 13.2 Å². The van der Waals surface area contributed by atoms with E-state index in [1.54, 1.807) is 0 Å². The number of aromatic nitrogens is 1. The van der Waals surface area contributed by atoms with Crippen LogP contribution in [0.25, 0.3) is 0 Å². The predicted octanol–water partition coefficient (Wildman–Crippen LogP) is -1.04. The molecule has 1 aromatic heterocycles. The van der Waals surface area contributed by atoms with Crippen molar-refractivity contribution >= 4 is 11.7 Å².